The molecular weight excluding hydrogens is 377 g/mol. The maximum absolute atomic E-state index is 12.1. The van der Waals surface area contributed by atoms with Crippen molar-refractivity contribution in [1.29, 1.82) is 0 Å². The van der Waals surface area contributed by atoms with E-state index in [0.29, 0.717) is 21.5 Å². The fourth-order valence-corrected chi connectivity index (χ4v) is 2.63. The molecule has 1 atom stereocenters. The molecule has 0 heterocycles. The number of hydrogen-bond donors (Lipinski definition) is 1. The number of ether oxygens (including phenoxy) is 2. The Balaban J connectivity index is 1.85. The number of halogens is 2. The maximum Gasteiger partial charge on any atom is 0.344 e. The quantitative estimate of drug-likeness (QED) is 0.728. The van der Waals surface area contributed by atoms with Crippen LogP contribution in [0.25, 0.3) is 0 Å². The van der Waals surface area contributed by atoms with Crippen LogP contribution in [0.3, 0.4) is 0 Å². The van der Waals surface area contributed by atoms with Gasteiger partial charge in [-0.2, -0.15) is 0 Å². The summed E-state index contributed by atoms with van der Waals surface area (Å²) in [5.41, 5.74) is 2.61. The molecule has 0 aromatic heterocycles. The Labute approximate surface area is 162 Å². The highest BCUT2D eigenvalue weighted by molar-refractivity contribution is 6.35. The van der Waals surface area contributed by atoms with Crippen molar-refractivity contribution in [3.63, 3.8) is 0 Å². The third kappa shape index (κ3) is 5.93. The van der Waals surface area contributed by atoms with Gasteiger partial charge in [-0.25, -0.2) is 4.79 Å². The Morgan fingerprint density at radius 2 is 1.69 bits per heavy atom. The molecule has 26 heavy (non-hydrogen) atoms. The summed E-state index contributed by atoms with van der Waals surface area (Å²) in [5, 5.41) is 3.37. The summed E-state index contributed by atoms with van der Waals surface area (Å²) >= 11 is 11.8. The van der Waals surface area contributed by atoms with Gasteiger partial charge in [0.1, 0.15) is 5.75 Å². The van der Waals surface area contributed by atoms with Crippen molar-refractivity contribution < 1.29 is 19.1 Å². The zero-order chi connectivity index (χ0) is 19.3. The van der Waals surface area contributed by atoms with Crippen LogP contribution in [0.15, 0.2) is 36.4 Å². The van der Waals surface area contributed by atoms with Gasteiger partial charge in [0.05, 0.1) is 0 Å². The van der Waals surface area contributed by atoms with Gasteiger partial charge in [-0.1, -0.05) is 29.3 Å². The van der Waals surface area contributed by atoms with E-state index in [1.54, 1.807) is 24.3 Å². The van der Waals surface area contributed by atoms with Crippen molar-refractivity contribution in [2.45, 2.75) is 26.9 Å². The molecule has 5 nitrogen and oxygen atoms in total. The van der Waals surface area contributed by atoms with Crippen LogP contribution in [0.5, 0.6) is 5.75 Å². The lowest BCUT2D eigenvalue weighted by Gasteiger charge is -2.14. The van der Waals surface area contributed by atoms with Crippen molar-refractivity contribution in [3.05, 3.63) is 57.6 Å². The van der Waals surface area contributed by atoms with Crippen molar-refractivity contribution in [2.24, 2.45) is 0 Å². The minimum absolute atomic E-state index is 0.289. The zero-order valence-electron chi connectivity index (χ0n) is 14.6. The molecule has 1 amide bonds. The molecule has 2 aromatic rings. The van der Waals surface area contributed by atoms with Gasteiger partial charge in [0, 0.05) is 15.7 Å². The topological polar surface area (TPSA) is 64.6 Å². The van der Waals surface area contributed by atoms with Crippen LogP contribution in [0.1, 0.15) is 18.1 Å². The first kappa shape index (κ1) is 20.1. The number of amides is 1. The molecule has 2 rings (SSSR count). The van der Waals surface area contributed by atoms with E-state index in [1.165, 1.54) is 6.92 Å². The van der Waals surface area contributed by atoms with E-state index < -0.39 is 18.0 Å². The maximum atomic E-state index is 12.1. The average molecular weight is 396 g/mol. The molecule has 2 aromatic carbocycles. The molecule has 0 fully saturated rings. The van der Waals surface area contributed by atoms with Crippen LogP contribution in [0, 0.1) is 13.8 Å². The first-order valence-corrected chi connectivity index (χ1v) is 8.66. The van der Waals surface area contributed by atoms with Gasteiger partial charge in [0.15, 0.2) is 12.7 Å². The monoisotopic (exact) mass is 395 g/mol. The van der Waals surface area contributed by atoms with Gasteiger partial charge in [-0.15, -0.1) is 0 Å². The minimum atomic E-state index is -0.997. The molecule has 0 aliphatic heterocycles. The van der Waals surface area contributed by atoms with Crippen molar-refractivity contribution in [3.8, 4) is 5.75 Å². The first-order chi connectivity index (χ1) is 12.2. The molecule has 0 bridgehead atoms. The van der Waals surface area contributed by atoms with Crippen LogP contribution in [-0.4, -0.2) is 24.6 Å². The Morgan fingerprint density at radius 3 is 2.31 bits per heavy atom. The van der Waals surface area contributed by atoms with E-state index in [4.69, 9.17) is 32.7 Å². The second-order valence-corrected chi connectivity index (χ2v) is 6.69. The largest absolute Gasteiger partial charge is 0.482 e. The number of esters is 1. The van der Waals surface area contributed by atoms with Gasteiger partial charge in [0.25, 0.3) is 5.91 Å². The van der Waals surface area contributed by atoms with Crippen molar-refractivity contribution in [2.75, 3.05) is 11.9 Å². The summed E-state index contributed by atoms with van der Waals surface area (Å²) in [6, 6.07) is 10.1. The Morgan fingerprint density at radius 1 is 1.04 bits per heavy atom. The number of anilines is 1. The number of hydrogen-bond acceptors (Lipinski definition) is 4. The highest BCUT2D eigenvalue weighted by atomic mass is 35.5. The lowest BCUT2D eigenvalue weighted by Crippen LogP contribution is -2.31. The highest BCUT2D eigenvalue weighted by Crippen LogP contribution is 2.22. The smallest absolute Gasteiger partial charge is 0.344 e. The van der Waals surface area contributed by atoms with E-state index >= 15 is 0 Å². The number of aryl methyl sites for hydroxylation is 2. The summed E-state index contributed by atoms with van der Waals surface area (Å²) in [6.45, 7) is 5.12. The predicted octanol–water partition coefficient (Wildman–Crippen LogP) is 4.56. The molecule has 7 heteroatoms. The van der Waals surface area contributed by atoms with Crippen LogP contribution >= 0.6 is 23.2 Å². The summed E-state index contributed by atoms with van der Waals surface area (Å²) < 4.78 is 10.5. The standard InChI is InChI=1S/C19H19Cl2NO4/c1-11-4-5-17(6-12(11)2)25-10-18(23)26-13(3)19(24)22-16-8-14(20)7-15(21)9-16/h4-9,13H,10H2,1-3H3,(H,22,24). The molecule has 0 aliphatic carbocycles. The number of nitrogens with one attached hydrogen (secondary N) is 1. The minimum Gasteiger partial charge on any atom is -0.482 e. The molecule has 0 radical (unpaired) electrons. The van der Waals surface area contributed by atoms with Crippen LogP contribution in [0.4, 0.5) is 5.69 Å². The first-order valence-electron chi connectivity index (χ1n) is 7.91. The Hall–Kier alpha value is -2.24. The Bertz CT molecular complexity index is 803. The fourth-order valence-electron chi connectivity index (χ4n) is 2.10. The molecule has 0 aliphatic rings. The van der Waals surface area contributed by atoms with E-state index in [1.807, 2.05) is 26.0 Å². The fraction of sp³-hybridized carbons (Fsp3) is 0.263. The molecule has 0 spiro atoms. The van der Waals surface area contributed by atoms with Gasteiger partial charge < -0.3 is 14.8 Å². The lowest BCUT2D eigenvalue weighted by molar-refractivity contribution is -0.155. The van der Waals surface area contributed by atoms with E-state index in [-0.39, 0.29) is 6.61 Å². The molecule has 1 unspecified atom stereocenters. The summed E-state index contributed by atoms with van der Waals surface area (Å²) in [5.74, 6) is -0.575. The van der Waals surface area contributed by atoms with Gasteiger partial charge in [0.2, 0.25) is 0 Å². The van der Waals surface area contributed by atoms with Crippen LogP contribution in [0.2, 0.25) is 10.0 Å². The second kappa shape index (κ2) is 8.92. The molecule has 0 saturated heterocycles. The molecular formula is C19H19Cl2NO4. The second-order valence-electron chi connectivity index (χ2n) is 5.81. The van der Waals surface area contributed by atoms with Crippen molar-refractivity contribution in [1.82, 2.24) is 0 Å². The molecule has 0 saturated carbocycles. The Kier molecular flexibility index (Phi) is 6.89. The van der Waals surface area contributed by atoms with Crippen LogP contribution < -0.4 is 10.1 Å². The molecule has 1 N–H and O–H groups in total. The van der Waals surface area contributed by atoms with E-state index in [2.05, 4.69) is 5.32 Å². The lowest BCUT2D eigenvalue weighted by atomic mass is 10.1. The molecule has 138 valence electrons. The predicted molar refractivity (Wildman–Crippen MR) is 102 cm³/mol. The van der Waals surface area contributed by atoms with E-state index in [9.17, 15) is 9.59 Å². The third-order valence-electron chi connectivity index (χ3n) is 3.64. The van der Waals surface area contributed by atoms with Crippen molar-refractivity contribution >= 4 is 40.8 Å². The summed E-state index contributed by atoms with van der Waals surface area (Å²) in [6.07, 6.45) is -0.997. The van der Waals surface area contributed by atoms with Crippen LogP contribution in [-0.2, 0) is 14.3 Å². The summed E-state index contributed by atoms with van der Waals surface area (Å²) in [4.78, 5) is 24.0. The van der Waals surface area contributed by atoms with E-state index in [0.717, 1.165) is 11.1 Å². The van der Waals surface area contributed by atoms with Gasteiger partial charge in [-0.05, 0) is 62.2 Å². The number of benzene rings is 2. The highest BCUT2D eigenvalue weighted by Gasteiger charge is 2.18. The SMILES string of the molecule is Cc1ccc(OCC(=O)OC(C)C(=O)Nc2cc(Cl)cc(Cl)c2)cc1C. The normalized spacial score (nSPS) is 11.6. The van der Waals surface area contributed by atoms with Gasteiger partial charge >= 0.3 is 5.97 Å². The number of rotatable bonds is 6. The summed E-state index contributed by atoms with van der Waals surface area (Å²) in [7, 11) is 0. The zero-order valence-corrected chi connectivity index (χ0v) is 16.1. The average Bonchev–Trinajstić information content (AvgIpc) is 2.55. The third-order valence-corrected chi connectivity index (χ3v) is 4.08. The number of carbonyl (C=O) groups is 2. The van der Waals surface area contributed by atoms with Gasteiger partial charge in [-0.3, -0.25) is 4.79 Å². The number of carbonyl (C=O) groups excluding carboxylic acids is 2.